The quantitative estimate of drug-likeness (QED) is 0.511. The number of aromatic nitrogens is 4. The number of methoxy groups -OCH3 is 1. The summed E-state index contributed by atoms with van der Waals surface area (Å²) in [6.45, 7) is 5.90. The molecule has 1 atom stereocenters. The fraction of sp³-hybridized carbons (Fsp3) is 0.333. The number of hydrogen-bond acceptors (Lipinski definition) is 5. The van der Waals surface area contributed by atoms with E-state index < -0.39 is 17.7 Å². The zero-order valence-corrected chi connectivity index (χ0v) is 17.2. The van der Waals surface area contributed by atoms with Crippen LogP contribution in [0.4, 0.5) is 0 Å². The van der Waals surface area contributed by atoms with Crippen molar-refractivity contribution in [2.24, 2.45) is 7.05 Å². The molecule has 0 saturated carbocycles. The molecule has 1 aromatic carbocycles. The van der Waals surface area contributed by atoms with Gasteiger partial charge in [-0.1, -0.05) is 12.1 Å². The van der Waals surface area contributed by atoms with Crippen molar-refractivity contribution >= 4 is 11.7 Å². The normalized spacial score (nSPS) is 12.4. The number of carbonyl (C=O) groups is 2. The van der Waals surface area contributed by atoms with Crippen LogP contribution in [0.5, 0.6) is 5.75 Å². The fourth-order valence-corrected chi connectivity index (χ4v) is 2.88. The number of carbonyl (C=O) groups excluding carboxylic acids is 2. The summed E-state index contributed by atoms with van der Waals surface area (Å²) in [4.78, 5) is 29.8. The number of nitrogens with zero attached hydrogens (tertiary/aromatic N) is 4. The van der Waals surface area contributed by atoms with Crippen molar-refractivity contribution < 1.29 is 14.3 Å². The van der Waals surface area contributed by atoms with E-state index in [9.17, 15) is 9.59 Å². The summed E-state index contributed by atoms with van der Waals surface area (Å²) < 4.78 is 8.66. The number of imidazole rings is 1. The molecule has 0 saturated heterocycles. The maximum absolute atomic E-state index is 12.8. The molecule has 0 bridgehead atoms. The number of nitrogens with one attached hydrogen (secondary N) is 1. The summed E-state index contributed by atoms with van der Waals surface area (Å²) in [5, 5.41) is 7.01. The first-order valence-corrected chi connectivity index (χ1v) is 9.22. The largest absolute Gasteiger partial charge is 0.497 e. The van der Waals surface area contributed by atoms with Gasteiger partial charge in [-0.3, -0.25) is 14.3 Å². The molecule has 0 spiro atoms. The molecule has 3 rings (SSSR count). The maximum Gasteiger partial charge on any atom is 0.293 e. The maximum atomic E-state index is 12.8. The van der Waals surface area contributed by atoms with Gasteiger partial charge in [0.1, 0.15) is 17.6 Å². The summed E-state index contributed by atoms with van der Waals surface area (Å²) in [7, 11) is 3.42. The lowest BCUT2D eigenvalue weighted by atomic mass is 10.0. The molecule has 0 radical (unpaired) electrons. The highest BCUT2D eigenvalue weighted by Gasteiger charge is 2.26. The van der Waals surface area contributed by atoms with E-state index in [2.05, 4.69) is 15.4 Å². The predicted molar refractivity (Wildman–Crippen MR) is 108 cm³/mol. The average Bonchev–Trinajstić information content (AvgIpc) is 3.34. The highest BCUT2D eigenvalue weighted by Crippen LogP contribution is 2.23. The van der Waals surface area contributed by atoms with Crippen molar-refractivity contribution in [3.8, 4) is 5.75 Å². The zero-order chi connectivity index (χ0) is 21.2. The van der Waals surface area contributed by atoms with Crippen LogP contribution in [0.2, 0.25) is 0 Å². The van der Waals surface area contributed by atoms with Crippen molar-refractivity contribution in [3.05, 3.63) is 66.0 Å². The smallest absolute Gasteiger partial charge is 0.293 e. The molecule has 8 heteroatoms. The molecule has 29 heavy (non-hydrogen) atoms. The van der Waals surface area contributed by atoms with Gasteiger partial charge in [0.15, 0.2) is 0 Å². The van der Waals surface area contributed by atoms with Gasteiger partial charge in [-0.2, -0.15) is 5.10 Å². The monoisotopic (exact) mass is 395 g/mol. The lowest BCUT2D eigenvalue weighted by Gasteiger charge is -2.19. The van der Waals surface area contributed by atoms with E-state index in [1.165, 1.54) is 6.20 Å². The van der Waals surface area contributed by atoms with Crippen LogP contribution in [0.3, 0.4) is 0 Å². The fourth-order valence-electron chi connectivity index (χ4n) is 2.88. The van der Waals surface area contributed by atoms with Gasteiger partial charge in [0.05, 0.1) is 24.4 Å². The molecule has 3 aromatic rings. The Hall–Kier alpha value is -3.42. The van der Waals surface area contributed by atoms with Gasteiger partial charge in [-0.15, -0.1) is 0 Å². The van der Waals surface area contributed by atoms with E-state index in [-0.39, 0.29) is 11.1 Å². The van der Waals surface area contributed by atoms with Crippen molar-refractivity contribution in [1.29, 1.82) is 0 Å². The molecule has 0 fully saturated rings. The van der Waals surface area contributed by atoms with E-state index >= 15 is 0 Å². The van der Waals surface area contributed by atoms with Crippen LogP contribution >= 0.6 is 0 Å². The Morgan fingerprint density at radius 1 is 1.17 bits per heavy atom. The van der Waals surface area contributed by atoms with Gasteiger partial charge in [0.25, 0.3) is 11.7 Å². The predicted octanol–water partition coefficient (Wildman–Crippen LogP) is 2.47. The number of rotatable bonds is 6. The minimum absolute atomic E-state index is 0.241. The van der Waals surface area contributed by atoms with Crippen LogP contribution in [-0.2, 0) is 17.4 Å². The summed E-state index contributed by atoms with van der Waals surface area (Å²) in [5.74, 6) is -0.0541. The second kappa shape index (κ2) is 7.90. The Kier molecular flexibility index (Phi) is 5.54. The molecular formula is C21H25N5O3. The lowest BCUT2D eigenvalue weighted by molar-refractivity contribution is -0.117. The van der Waals surface area contributed by atoms with Gasteiger partial charge in [0, 0.05) is 25.6 Å². The second-order valence-electron chi connectivity index (χ2n) is 7.75. The highest BCUT2D eigenvalue weighted by molar-refractivity contribution is 6.42. The number of amides is 1. The number of ketones is 1. The molecule has 1 amide bonds. The van der Waals surface area contributed by atoms with Crippen LogP contribution < -0.4 is 10.1 Å². The van der Waals surface area contributed by atoms with Crippen molar-refractivity contribution in [2.75, 3.05) is 7.11 Å². The molecule has 0 aliphatic carbocycles. The van der Waals surface area contributed by atoms with E-state index in [0.29, 0.717) is 11.6 Å². The Morgan fingerprint density at radius 2 is 1.86 bits per heavy atom. The Balaban J connectivity index is 1.87. The Labute approximate surface area is 169 Å². The molecular weight excluding hydrogens is 370 g/mol. The van der Waals surface area contributed by atoms with Gasteiger partial charge in [-0.05, 0) is 38.5 Å². The molecule has 0 unspecified atom stereocenters. The summed E-state index contributed by atoms with van der Waals surface area (Å²) in [6.07, 6.45) is 6.43. The number of aryl methyl sites for hydroxylation is 1. The number of hydrogen-bond donors (Lipinski definition) is 1. The minimum Gasteiger partial charge on any atom is -0.497 e. The van der Waals surface area contributed by atoms with Crippen molar-refractivity contribution in [3.63, 3.8) is 0 Å². The van der Waals surface area contributed by atoms with Crippen LogP contribution in [0.15, 0.2) is 49.1 Å². The zero-order valence-electron chi connectivity index (χ0n) is 17.2. The van der Waals surface area contributed by atoms with E-state index in [4.69, 9.17) is 4.74 Å². The van der Waals surface area contributed by atoms with Crippen LogP contribution in [0.25, 0.3) is 0 Å². The standard InChI is InChI=1S/C21H25N5O3/c1-21(2,3)26-13-15(12-23-26)18(27)20(28)24-17(19-22-10-11-25(19)4)14-6-8-16(29-5)9-7-14/h6-13,17H,1-5H3,(H,24,28)/t17-/m0/s1. The molecule has 2 aromatic heterocycles. The summed E-state index contributed by atoms with van der Waals surface area (Å²) in [6, 6.07) is 6.68. The Morgan fingerprint density at radius 3 is 2.38 bits per heavy atom. The third kappa shape index (κ3) is 4.37. The Bertz CT molecular complexity index is 1010. The topological polar surface area (TPSA) is 91.0 Å². The molecule has 2 heterocycles. The van der Waals surface area contributed by atoms with Crippen molar-refractivity contribution in [1.82, 2.24) is 24.6 Å². The average molecular weight is 395 g/mol. The van der Waals surface area contributed by atoms with E-state index in [1.807, 2.05) is 40.0 Å². The molecule has 0 aliphatic rings. The third-order valence-corrected chi connectivity index (χ3v) is 4.58. The van der Waals surface area contributed by atoms with Gasteiger partial charge in [-0.25, -0.2) is 4.98 Å². The molecule has 1 N–H and O–H groups in total. The van der Waals surface area contributed by atoms with Crippen LogP contribution in [0, 0.1) is 0 Å². The number of Topliss-reactive ketones (excluding diaryl/α,β-unsaturated/α-hetero) is 1. The summed E-state index contributed by atoms with van der Waals surface area (Å²) in [5.41, 5.74) is 0.741. The number of benzene rings is 1. The van der Waals surface area contributed by atoms with Crippen LogP contribution in [-0.4, -0.2) is 38.1 Å². The molecule has 8 nitrogen and oxygen atoms in total. The van der Waals surface area contributed by atoms with Crippen LogP contribution in [0.1, 0.15) is 48.6 Å². The molecule has 0 aliphatic heterocycles. The first-order chi connectivity index (χ1) is 13.7. The SMILES string of the molecule is COc1ccc([C@H](NC(=O)C(=O)c2cnn(C(C)(C)C)c2)c2nccn2C)cc1. The van der Waals surface area contributed by atoms with E-state index in [0.717, 1.165) is 5.56 Å². The number of ether oxygens (including phenoxy) is 1. The van der Waals surface area contributed by atoms with Crippen molar-refractivity contribution in [2.45, 2.75) is 32.4 Å². The highest BCUT2D eigenvalue weighted by atomic mass is 16.5. The third-order valence-electron chi connectivity index (χ3n) is 4.58. The van der Waals surface area contributed by atoms with Gasteiger partial charge < -0.3 is 14.6 Å². The first-order valence-electron chi connectivity index (χ1n) is 9.22. The summed E-state index contributed by atoms with van der Waals surface area (Å²) >= 11 is 0. The lowest BCUT2D eigenvalue weighted by Crippen LogP contribution is -2.36. The first kappa shape index (κ1) is 20.3. The van der Waals surface area contributed by atoms with Gasteiger partial charge in [0.2, 0.25) is 0 Å². The molecule has 152 valence electrons. The minimum atomic E-state index is -0.720. The van der Waals surface area contributed by atoms with E-state index in [1.54, 1.807) is 47.1 Å². The second-order valence-corrected chi connectivity index (χ2v) is 7.75. The van der Waals surface area contributed by atoms with Gasteiger partial charge >= 0.3 is 0 Å².